The van der Waals surface area contributed by atoms with Gasteiger partial charge >= 0.3 is 0 Å². The van der Waals surface area contributed by atoms with E-state index in [0.717, 1.165) is 18.4 Å². The van der Waals surface area contributed by atoms with Crippen LogP contribution in [-0.2, 0) is 31.4 Å². The lowest BCUT2D eigenvalue weighted by atomic mass is 9.95. The molecular weight excluding hydrogens is 677 g/mol. The van der Waals surface area contributed by atoms with Crippen LogP contribution in [0, 0.1) is 0 Å². The van der Waals surface area contributed by atoms with Crippen LogP contribution in [0.4, 0.5) is 0 Å². The van der Waals surface area contributed by atoms with E-state index in [1.165, 1.54) is 13.2 Å². The second-order valence-corrected chi connectivity index (χ2v) is 19.5. The Morgan fingerprint density at radius 3 is 1.72 bits per heavy atom. The highest BCUT2D eigenvalue weighted by atomic mass is 32.2. The van der Waals surface area contributed by atoms with E-state index in [-0.39, 0.29) is 65.2 Å². The Kier molecular flexibility index (Phi) is 13.6. The number of carbonyl (C=O) groups is 1. The minimum absolute atomic E-state index is 0.00369. The molecule has 0 radical (unpaired) electrons. The van der Waals surface area contributed by atoms with Crippen LogP contribution in [0.25, 0.3) is 0 Å². The highest BCUT2D eigenvalue weighted by Gasteiger charge is 2.42. The summed E-state index contributed by atoms with van der Waals surface area (Å²) in [5.74, 6) is 0.0941. The van der Waals surface area contributed by atoms with Gasteiger partial charge < -0.3 is 4.90 Å². The van der Waals surface area contributed by atoms with Crippen molar-refractivity contribution in [2.75, 3.05) is 46.3 Å². The van der Waals surface area contributed by atoms with E-state index in [2.05, 4.69) is 86.7 Å². The number of carbonyl (C=O) groups excluding carboxylic acids is 1. The number of amides is 1. The first-order valence-corrected chi connectivity index (χ1v) is 21.4. The summed E-state index contributed by atoms with van der Waals surface area (Å²) in [5.41, 5.74) is 0.874. The van der Waals surface area contributed by atoms with Crippen molar-refractivity contribution in [1.29, 1.82) is 0 Å². The van der Waals surface area contributed by atoms with Gasteiger partial charge in [0.05, 0.1) is 0 Å². The van der Waals surface area contributed by atoms with Crippen LogP contribution in [-0.4, -0.2) is 157 Å². The molecule has 0 aliphatic carbocycles. The second kappa shape index (κ2) is 16.5. The molecule has 1 aromatic rings. The van der Waals surface area contributed by atoms with Gasteiger partial charge in [0.2, 0.25) is 15.9 Å². The van der Waals surface area contributed by atoms with Gasteiger partial charge in [0.15, 0.2) is 0 Å². The molecule has 3 aliphatic rings. The maximum absolute atomic E-state index is 14.3. The largest absolute Gasteiger partial charge is 0.340 e. The maximum atomic E-state index is 14.3. The molecule has 4 rings (SSSR count). The van der Waals surface area contributed by atoms with Gasteiger partial charge in [-0.15, -0.1) is 0 Å². The maximum Gasteiger partial charge on any atom is 0.279 e. The van der Waals surface area contributed by atoms with Crippen LogP contribution in [0.5, 0.6) is 0 Å². The lowest BCUT2D eigenvalue weighted by Crippen LogP contribution is -2.63. The number of sulfonamides is 1. The summed E-state index contributed by atoms with van der Waals surface area (Å²) < 4.78 is 59.9. The van der Waals surface area contributed by atoms with E-state index < -0.39 is 20.2 Å². The lowest BCUT2D eigenvalue weighted by Gasteiger charge is -2.50. The third kappa shape index (κ3) is 9.07. The van der Waals surface area contributed by atoms with E-state index in [9.17, 15) is 21.6 Å². The molecule has 3 saturated heterocycles. The van der Waals surface area contributed by atoms with Crippen molar-refractivity contribution in [1.82, 2.24) is 37.9 Å². The first-order chi connectivity index (χ1) is 23.3. The smallest absolute Gasteiger partial charge is 0.279 e. The molecule has 1 N–H and O–H groups in total. The predicted octanol–water partition coefficient (Wildman–Crippen LogP) is 2.45. The van der Waals surface area contributed by atoms with Gasteiger partial charge in [0.1, 0.15) is 4.90 Å². The first kappa shape index (κ1) is 41.0. The molecule has 4 heterocycles. The van der Waals surface area contributed by atoms with E-state index in [4.69, 9.17) is 0 Å². The highest BCUT2D eigenvalue weighted by Crippen LogP contribution is 2.31. The fourth-order valence-electron chi connectivity index (χ4n) is 9.33. The molecule has 1 aromatic heterocycles. The molecule has 0 saturated carbocycles. The number of nitrogens with one attached hydrogen (secondary N) is 1. The Balaban J connectivity index is 1.52. The van der Waals surface area contributed by atoms with Gasteiger partial charge in [-0.1, -0.05) is 0 Å². The van der Waals surface area contributed by atoms with Gasteiger partial charge in [-0.2, -0.15) is 17.0 Å². The molecule has 3 aliphatic heterocycles. The number of hydrogen-bond acceptors (Lipinski definition) is 9. The summed E-state index contributed by atoms with van der Waals surface area (Å²) >= 11 is 0. The number of aromatic nitrogens is 1. The molecule has 0 spiro atoms. The number of piperazine rings is 3. The Labute approximate surface area is 303 Å². The monoisotopic (exact) mass is 740 g/mol. The fraction of sp³-hybridized carbons (Fsp3) is 0.829. The molecule has 50 heavy (non-hydrogen) atoms. The number of rotatable bonds is 12. The zero-order chi connectivity index (χ0) is 37.3. The molecule has 13 nitrogen and oxygen atoms in total. The van der Waals surface area contributed by atoms with Crippen LogP contribution in [0.2, 0.25) is 0 Å². The normalized spacial score (nSPS) is 29.6. The lowest BCUT2D eigenvalue weighted by molar-refractivity contribution is -0.133. The molecular formula is C35H64N8O5S2. The Morgan fingerprint density at radius 2 is 1.24 bits per heavy atom. The summed E-state index contributed by atoms with van der Waals surface area (Å²) in [6.45, 7) is 23.8. The van der Waals surface area contributed by atoms with Gasteiger partial charge in [-0.05, 0) is 93.2 Å². The topological polar surface area (TPSA) is 130 Å². The van der Waals surface area contributed by atoms with E-state index in [1.54, 1.807) is 27.8 Å². The molecule has 0 aromatic carbocycles. The van der Waals surface area contributed by atoms with Crippen molar-refractivity contribution < 1.29 is 21.6 Å². The van der Waals surface area contributed by atoms with Crippen molar-refractivity contribution in [2.45, 2.75) is 148 Å². The molecule has 1 unspecified atom stereocenters. The molecule has 15 heteroatoms. The van der Waals surface area contributed by atoms with E-state index >= 15 is 0 Å². The Hall–Kier alpha value is -1.72. The van der Waals surface area contributed by atoms with Crippen LogP contribution in [0.1, 0.15) is 87.6 Å². The van der Waals surface area contributed by atoms with Crippen molar-refractivity contribution in [3.63, 3.8) is 0 Å². The van der Waals surface area contributed by atoms with E-state index in [0.29, 0.717) is 45.7 Å². The first-order valence-electron chi connectivity index (χ1n) is 18.5. The average Bonchev–Trinajstić information content (AvgIpc) is 3.02. The molecule has 7 atom stereocenters. The number of nitrogens with zero attached hydrogens (tertiary/aromatic N) is 7. The Bertz CT molecular complexity index is 1510. The van der Waals surface area contributed by atoms with Crippen LogP contribution < -0.4 is 4.72 Å². The summed E-state index contributed by atoms with van der Waals surface area (Å²) in [7, 11) is -5.94. The molecule has 1 amide bonds. The zero-order valence-electron chi connectivity index (χ0n) is 32.3. The number of pyridine rings is 1. The van der Waals surface area contributed by atoms with Gasteiger partial charge in [-0.3, -0.25) is 24.5 Å². The van der Waals surface area contributed by atoms with Crippen LogP contribution in [0.3, 0.4) is 0 Å². The third-order valence-corrected chi connectivity index (χ3v) is 14.4. The van der Waals surface area contributed by atoms with Gasteiger partial charge in [-0.25, -0.2) is 13.1 Å². The van der Waals surface area contributed by atoms with E-state index in [1.807, 2.05) is 4.90 Å². The predicted molar refractivity (Wildman–Crippen MR) is 198 cm³/mol. The minimum atomic E-state index is -3.83. The number of hydrogen-bond donors (Lipinski definition) is 1. The van der Waals surface area contributed by atoms with Crippen molar-refractivity contribution in [2.24, 2.45) is 0 Å². The summed E-state index contributed by atoms with van der Waals surface area (Å²) in [5, 5.41) is 0. The molecule has 3 fully saturated rings. The van der Waals surface area contributed by atoms with Crippen LogP contribution >= 0.6 is 0 Å². The molecule has 0 bridgehead atoms. The van der Waals surface area contributed by atoms with Crippen molar-refractivity contribution in [3.05, 3.63) is 24.0 Å². The van der Waals surface area contributed by atoms with Crippen molar-refractivity contribution >= 4 is 26.1 Å². The van der Waals surface area contributed by atoms with Gasteiger partial charge in [0.25, 0.3) is 10.2 Å². The van der Waals surface area contributed by atoms with Crippen molar-refractivity contribution in [3.8, 4) is 0 Å². The SMILES string of the molecule is CNS(=O)(=O)N1C[C@@H](CC[C@H]2CN(S(=O)(=O)c3cncc(CC(C)N4[C@H](C)CN(C(C)=O)C[C@@H]4C)c3)C[C@@H](C)N2C(C)C)N(C(C)C)[C@@H](C)C1. The minimum Gasteiger partial charge on any atom is -0.340 e. The summed E-state index contributed by atoms with van der Waals surface area (Å²) in [4.78, 5) is 25.8. The second-order valence-electron chi connectivity index (χ2n) is 15.7. The fourth-order valence-corrected chi connectivity index (χ4v) is 11.9. The van der Waals surface area contributed by atoms with Crippen LogP contribution in [0.15, 0.2) is 23.4 Å². The highest BCUT2D eigenvalue weighted by molar-refractivity contribution is 7.89. The third-order valence-electron chi connectivity index (χ3n) is 11.1. The summed E-state index contributed by atoms with van der Waals surface area (Å²) in [6.07, 6.45) is 5.38. The van der Waals surface area contributed by atoms with Gasteiger partial charge in [0, 0.05) is 120 Å². The standard InChI is InChI=1S/C35H64N8O5S2/c1-24(2)41-29(8)20-39(22-33(41)12-13-34-23-40(50(47,48)36-11)21-30(9)42(34)25(3)4)49(45,46)35-15-32(16-37-17-35)14-26(5)43-27(6)18-38(31(10)44)19-28(43)7/h15-17,24-30,33-34,36H,12-14,18-23H2,1-11H3/t26?,27-,28+,29-,30+,33+,34-/m1/s1. The summed E-state index contributed by atoms with van der Waals surface area (Å²) in [6, 6.07) is 2.82. The molecule has 286 valence electrons. The average molecular weight is 741 g/mol. The Morgan fingerprint density at radius 1 is 0.760 bits per heavy atom. The zero-order valence-corrected chi connectivity index (χ0v) is 33.9. The quantitative estimate of drug-likeness (QED) is 0.344.